The van der Waals surface area contributed by atoms with Crippen LogP contribution in [-0.2, 0) is 22.6 Å². The Kier molecular flexibility index (Phi) is 9.03. The summed E-state index contributed by atoms with van der Waals surface area (Å²) in [6.45, 7) is 6.25. The number of hydrogen-bond donors (Lipinski definition) is 2. The number of hydrogen-bond acceptors (Lipinski definition) is 5. The summed E-state index contributed by atoms with van der Waals surface area (Å²) >= 11 is 3.53. The molecule has 202 valence electrons. The van der Waals surface area contributed by atoms with Crippen molar-refractivity contribution in [2.75, 3.05) is 18.5 Å². The molecule has 1 saturated heterocycles. The first-order valence-corrected chi connectivity index (χ1v) is 13.4. The molecule has 1 aliphatic heterocycles. The lowest BCUT2D eigenvalue weighted by Gasteiger charge is -2.14. The number of nitrogens with zero attached hydrogens (tertiary/aromatic N) is 1. The van der Waals surface area contributed by atoms with Gasteiger partial charge in [-0.2, -0.15) is 0 Å². The lowest BCUT2D eigenvalue weighted by Crippen LogP contribution is -2.38. The van der Waals surface area contributed by atoms with Crippen molar-refractivity contribution in [3.63, 3.8) is 0 Å². The van der Waals surface area contributed by atoms with E-state index in [1.165, 1.54) is 5.56 Å². The number of carbonyl (C=O) groups excluding carboxylic acids is 3. The molecule has 3 aromatic rings. The Bertz CT molecular complexity index is 1420. The maximum absolute atomic E-state index is 13.0. The van der Waals surface area contributed by atoms with Gasteiger partial charge < -0.3 is 20.1 Å². The number of amides is 4. The van der Waals surface area contributed by atoms with Gasteiger partial charge in [-0.15, -0.1) is 0 Å². The van der Waals surface area contributed by atoms with Gasteiger partial charge in [0.05, 0.1) is 6.61 Å². The predicted octanol–water partition coefficient (Wildman–Crippen LogP) is 5.83. The number of carbonyl (C=O) groups is 3. The largest absolute Gasteiger partial charge is 0.490 e. The van der Waals surface area contributed by atoms with E-state index < -0.39 is 24.4 Å². The Morgan fingerprint density at radius 3 is 2.46 bits per heavy atom. The minimum Gasteiger partial charge on any atom is -0.490 e. The molecule has 0 aromatic heterocycles. The van der Waals surface area contributed by atoms with Crippen LogP contribution in [0.3, 0.4) is 0 Å². The zero-order valence-electron chi connectivity index (χ0n) is 22.0. The molecule has 8 nitrogen and oxygen atoms in total. The van der Waals surface area contributed by atoms with Crippen molar-refractivity contribution in [2.24, 2.45) is 0 Å². The monoisotopic (exact) mass is 591 g/mol. The highest BCUT2D eigenvalue weighted by atomic mass is 79.9. The van der Waals surface area contributed by atoms with Crippen molar-refractivity contribution in [2.45, 2.75) is 33.8 Å². The van der Waals surface area contributed by atoms with Gasteiger partial charge >= 0.3 is 6.03 Å². The Labute approximate surface area is 236 Å². The second-order valence-corrected chi connectivity index (χ2v) is 9.82. The molecular formula is C30H30BrN3O5. The van der Waals surface area contributed by atoms with E-state index in [0.717, 1.165) is 22.4 Å². The van der Waals surface area contributed by atoms with E-state index in [1.807, 2.05) is 63.2 Å². The average Bonchev–Trinajstić information content (AvgIpc) is 3.18. The molecule has 0 unspecified atom stereocenters. The van der Waals surface area contributed by atoms with Crippen molar-refractivity contribution in [3.05, 3.63) is 93.1 Å². The van der Waals surface area contributed by atoms with Gasteiger partial charge in [0.1, 0.15) is 18.8 Å². The van der Waals surface area contributed by atoms with Crippen molar-refractivity contribution >= 4 is 45.5 Å². The topological polar surface area (TPSA) is 97.0 Å². The van der Waals surface area contributed by atoms with E-state index in [4.69, 9.17) is 9.47 Å². The minimum atomic E-state index is -0.663. The number of anilines is 1. The predicted molar refractivity (Wildman–Crippen MR) is 153 cm³/mol. The van der Waals surface area contributed by atoms with Gasteiger partial charge in [0.15, 0.2) is 11.5 Å². The fraction of sp³-hybridized carbons (Fsp3) is 0.233. The number of halogens is 1. The Hall–Kier alpha value is -4.11. The van der Waals surface area contributed by atoms with Crippen LogP contribution < -0.4 is 20.1 Å². The normalized spacial score (nSPS) is 13.9. The number of aryl methyl sites for hydroxylation is 2. The summed E-state index contributed by atoms with van der Waals surface area (Å²) in [5.41, 5.74) is 4.47. The highest BCUT2D eigenvalue weighted by molar-refractivity contribution is 9.10. The Morgan fingerprint density at radius 2 is 1.74 bits per heavy atom. The Morgan fingerprint density at radius 1 is 1.03 bits per heavy atom. The summed E-state index contributed by atoms with van der Waals surface area (Å²) in [6.07, 6.45) is 2.28. The van der Waals surface area contributed by atoms with Gasteiger partial charge in [-0.25, -0.2) is 9.69 Å². The van der Waals surface area contributed by atoms with Crippen molar-refractivity contribution in [1.29, 1.82) is 0 Å². The van der Waals surface area contributed by atoms with Crippen LogP contribution >= 0.6 is 15.9 Å². The Balaban J connectivity index is 1.49. The number of benzene rings is 3. The van der Waals surface area contributed by atoms with Crippen LogP contribution in [0.15, 0.2) is 70.8 Å². The smallest absolute Gasteiger partial charge is 0.329 e. The van der Waals surface area contributed by atoms with Crippen LogP contribution in [0.4, 0.5) is 10.5 Å². The highest BCUT2D eigenvalue weighted by Gasteiger charge is 2.35. The number of rotatable bonds is 10. The molecular weight excluding hydrogens is 562 g/mol. The molecule has 3 aromatic carbocycles. The molecule has 4 rings (SSSR count). The summed E-state index contributed by atoms with van der Waals surface area (Å²) in [5, 5.41) is 5.35. The number of nitrogens with one attached hydrogen (secondary N) is 2. The fourth-order valence-electron chi connectivity index (χ4n) is 4.04. The number of imide groups is 1. The number of para-hydroxylation sites is 1. The molecule has 1 heterocycles. The third-order valence-electron chi connectivity index (χ3n) is 6.11. The highest BCUT2D eigenvalue weighted by Crippen LogP contribution is 2.35. The van der Waals surface area contributed by atoms with Crippen molar-refractivity contribution in [1.82, 2.24) is 10.2 Å². The zero-order chi connectivity index (χ0) is 27.9. The molecule has 1 fully saturated rings. The fourth-order valence-corrected chi connectivity index (χ4v) is 4.48. The molecule has 0 atom stereocenters. The molecule has 0 saturated carbocycles. The van der Waals surface area contributed by atoms with Crippen molar-refractivity contribution < 1.29 is 23.9 Å². The van der Waals surface area contributed by atoms with Crippen molar-refractivity contribution in [3.8, 4) is 11.5 Å². The first-order chi connectivity index (χ1) is 18.8. The van der Waals surface area contributed by atoms with Crippen LogP contribution in [-0.4, -0.2) is 35.9 Å². The molecule has 0 aliphatic carbocycles. The first kappa shape index (κ1) is 27.9. The maximum atomic E-state index is 13.0. The molecule has 4 amide bonds. The number of urea groups is 1. The van der Waals surface area contributed by atoms with Gasteiger partial charge in [-0.05, 0) is 61.2 Å². The van der Waals surface area contributed by atoms with Gasteiger partial charge in [-0.3, -0.25) is 9.59 Å². The van der Waals surface area contributed by atoms with E-state index in [9.17, 15) is 14.4 Å². The number of ether oxygens (including phenoxy) is 2. The summed E-state index contributed by atoms with van der Waals surface area (Å²) in [5.74, 6) is -0.0137. The lowest BCUT2D eigenvalue weighted by molar-refractivity contribution is -0.127. The quantitative estimate of drug-likeness (QED) is 0.228. The maximum Gasteiger partial charge on any atom is 0.329 e. The molecule has 1 aliphatic rings. The first-order valence-electron chi connectivity index (χ1n) is 12.7. The SMILES string of the molecule is CCOc1cc(/C=C2/NC(=O)N(CC(=O)Nc3ccccc3CC)C2=O)c(Br)cc1OCc1ccc(C)cc1. The van der Waals surface area contributed by atoms with E-state index in [2.05, 4.69) is 26.6 Å². The van der Waals surface area contributed by atoms with Crippen LogP contribution in [0.5, 0.6) is 11.5 Å². The van der Waals surface area contributed by atoms with E-state index in [1.54, 1.807) is 24.3 Å². The average molecular weight is 592 g/mol. The van der Waals surface area contributed by atoms with Crippen LogP contribution in [0.25, 0.3) is 6.08 Å². The van der Waals surface area contributed by atoms with E-state index in [-0.39, 0.29) is 5.70 Å². The van der Waals surface area contributed by atoms with Crippen LogP contribution in [0, 0.1) is 6.92 Å². The standard InChI is InChI=1S/C30H30BrN3O5/c1-4-21-8-6-7-9-24(21)32-28(35)17-34-29(36)25(33-30(34)37)14-22-15-26(38-5-2)27(16-23(22)31)39-18-20-12-10-19(3)11-13-20/h6-16H,4-5,17-18H2,1-3H3,(H,32,35)(H,33,37)/b25-14+. The second-order valence-electron chi connectivity index (χ2n) is 8.97. The third-order valence-corrected chi connectivity index (χ3v) is 6.80. The van der Waals surface area contributed by atoms with Gasteiger partial charge in [0.2, 0.25) is 5.91 Å². The van der Waals surface area contributed by atoms with E-state index in [0.29, 0.717) is 40.4 Å². The molecule has 0 spiro atoms. The summed E-state index contributed by atoms with van der Waals surface area (Å²) < 4.78 is 12.5. The molecule has 9 heteroatoms. The van der Waals surface area contributed by atoms with Crippen LogP contribution in [0.1, 0.15) is 36.1 Å². The van der Waals surface area contributed by atoms with E-state index >= 15 is 0 Å². The molecule has 39 heavy (non-hydrogen) atoms. The summed E-state index contributed by atoms with van der Waals surface area (Å²) in [6, 6.07) is 18.3. The zero-order valence-corrected chi connectivity index (χ0v) is 23.6. The van der Waals surface area contributed by atoms with Crippen LogP contribution in [0.2, 0.25) is 0 Å². The van der Waals surface area contributed by atoms with Gasteiger partial charge in [0, 0.05) is 10.2 Å². The molecule has 2 N–H and O–H groups in total. The summed E-state index contributed by atoms with van der Waals surface area (Å²) in [4.78, 5) is 39.1. The molecule has 0 radical (unpaired) electrons. The lowest BCUT2D eigenvalue weighted by atomic mass is 10.1. The third kappa shape index (κ3) is 6.86. The minimum absolute atomic E-state index is 0.0539. The summed E-state index contributed by atoms with van der Waals surface area (Å²) in [7, 11) is 0. The second kappa shape index (κ2) is 12.6. The molecule has 0 bridgehead atoms. The van der Waals surface area contributed by atoms with Gasteiger partial charge in [-0.1, -0.05) is 70.9 Å². The van der Waals surface area contributed by atoms with Gasteiger partial charge in [0.25, 0.3) is 5.91 Å².